The molecule has 19 heavy (non-hydrogen) atoms. The van der Waals surface area contributed by atoms with Gasteiger partial charge < -0.3 is 10.4 Å². The summed E-state index contributed by atoms with van der Waals surface area (Å²) in [5, 5.41) is 11.8. The molecule has 110 valence electrons. The molecule has 0 spiro atoms. The summed E-state index contributed by atoms with van der Waals surface area (Å²) < 4.78 is 0. The van der Waals surface area contributed by atoms with Crippen LogP contribution in [0.25, 0.3) is 0 Å². The van der Waals surface area contributed by atoms with E-state index in [1.165, 1.54) is 6.42 Å². The van der Waals surface area contributed by atoms with Gasteiger partial charge in [-0.2, -0.15) is 0 Å². The molecular weight excluding hydrogens is 242 g/mol. The first kappa shape index (κ1) is 16.0. The maximum atomic E-state index is 12.1. The van der Waals surface area contributed by atoms with Crippen LogP contribution in [0.2, 0.25) is 0 Å². The zero-order valence-corrected chi connectivity index (χ0v) is 12.3. The second-order valence-corrected chi connectivity index (χ2v) is 6.15. The van der Waals surface area contributed by atoms with Gasteiger partial charge in [-0.05, 0) is 43.9 Å². The van der Waals surface area contributed by atoms with E-state index in [4.69, 9.17) is 5.11 Å². The molecule has 0 aromatic carbocycles. The number of carbonyl (C=O) groups is 2. The van der Waals surface area contributed by atoms with Crippen LogP contribution in [-0.4, -0.2) is 23.0 Å². The van der Waals surface area contributed by atoms with Gasteiger partial charge in [-0.25, -0.2) is 4.79 Å². The van der Waals surface area contributed by atoms with Crippen molar-refractivity contribution >= 4 is 11.9 Å². The van der Waals surface area contributed by atoms with Crippen LogP contribution >= 0.6 is 0 Å². The summed E-state index contributed by atoms with van der Waals surface area (Å²) >= 11 is 0. The number of nitrogens with one attached hydrogen (secondary N) is 1. The molecule has 1 saturated carbocycles. The fraction of sp³-hybridized carbons (Fsp3) is 0.867. The number of hydrogen-bond acceptors (Lipinski definition) is 2. The summed E-state index contributed by atoms with van der Waals surface area (Å²) in [6.45, 7) is 6.12. The zero-order valence-electron chi connectivity index (χ0n) is 12.3. The summed E-state index contributed by atoms with van der Waals surface area (Å²) in [6.07, 6.45) is 5.66. The van der Waals surface area contributed by atoms with Gasteiger partial charge in [0.2, 0.25) is 5.91 Å². The van der Waals surface area contributed by atoms with E-state index < -0.39 is 12.0 Å². The number of rotatable bonds is 6. The molecule has 0 radical (unpaired) electrons. The summed E-state index contributed by atoms with van der Waals surface area (Å²) in [6, 6.07) is -0.739. The topological polar surface area (TPSA) is 66.4 Å². The fourth-order valence-electron chi connectivity index (χ4n) is 2.82. The van der Waals surface area contributed by atoms with E-state index in [0.29, 0.717) is 6.42 Å². The van der Waals surface area contributed by atoms with Gasteiger partial charge in [0.15, 0.2) is 0 Å². The molecule has 4 heteroatoms. The molecule has 4 nitrogen and oxygen atoms in total. The smallest absolute Gasteiger partial charge is 0.326 e. The molecule has 0 heterocycles. The van der Waals surface area contributed by atoms with Crippen molar-refractivity contribution in [2.75, 3.05) is 0 Å². The van der Waals surface area contributed by atoms with Crippen molar-refractivity contribution in [3.63, 3.8) is 0 Å². The van der Waals surface area contributed by atoms with E-state index in [1.54, 1.807) is 0 Å². The Morgan fingerprint density at radius 3 is 2.21 bits per heavy atom. The van der Waals surface area contributed by atoms with Crippen LogP contribution in [0.3, 0.4) is 0 Å². The average molecular weight is 269 g/mol. The van der Waals surface area contributed by atoms with Gasteiger partial charge in [0, 0.05) is 5.92 Å². The van der Waals surface area contributed by atoms with Crippen LogP contribution in [-0.2, 0) is 9.59 Å². The molecule has 1 rings (SSSR count). The van der Waals surface area contributed by atoms with Gasteiger partial charge in [0.1, 0.15) is 6.04 Å². The lowest BCUT2D eigenvalue weighted by molar-refractivity contribution is -0.143. The summed E-state index contributed by atoms with van der Waals surface area (Å²) in [7, 11) is 0. The summed E-state index contributed by atoms with van der Waals surface area (Å²) in [5.74, 6) is 0.0240. The SMILES string of the molecule is CCC1CCC(C(=O)N[C@H](CC(C)C)C(=O)O)CC1. The first-order valence-electron chi connectivity index (χ1n) is 7.47. The van der Waals surface area contributed by atoms with Crippen LogP contribution in [0.1, 0.15) is 59.3 Å². The summed E-state index contributed by atoms with van der Waals surface area (Å²) in [5.41, 5.74) is 0. The highest BCUT2D eigenvalue weighted by Gasteiger charge is 2.29. The largest absolute Gasteiger partial charge is 0.480 e. The molecule has 1 amide bonds. The van der Waals surface area contributed by atoms with Gasteiger partial charge in [0.25, 0.3) is 0 Å². The lowest BCUT2D eigenvalue weighted by Gasteiger charge is -2.28. The second kappa shape index (κ2) is 7.51. The van der Waals surface area contributed by atoms with Gasteiger partial charge in [0.05, 0.1) is 0 Å². The molecule has 0 unspecified atom stereocenters. The Hall–Kier alpha value is -1.06. The third-order valence-corrected chi connectivity index (χ3v) is 4.12. The molecule has 0 aromatic heterocycles. The highest BCUT2D eigenvalue weighted by molar-refractivity contribution is 5.85. The molecule has 0 bridgehead atoms. The normalized spacial score (nSPS) is 25.1. The minimum Gasteiger partial charge on any atom is -0.480 e. The van der Waals surface area contributed by atoms with Crippen LogP contribution in [0.4, 0.5) is 0 Å². The van der Waals surface area contributed by atoms with Crippen molar-refractivity contribution < 1.29 is 14.7 Å². The Labute approximate surface area is 116 Å². The van der Waals surface area contributed by atoms with E-state index in [2.05, 4.69) is 12.2 Å². The van der Waals surface area contributed by atoms with Gasteiger partial charge in [-0.15, -0.1) is 0 Å². The Morgan fingerprint density at radius 2 is 1.79 bits per heavy atom. The van der Waals surface area contributed by atoms with Crippen LogP contribution < -0.4 is 5.32 Å². The molecule has 0 aliphatic heterocycles. The highest BCUT2D eigenvalue weighted by atomic mass is 16.4. The Kier molecular flexibility index (Phi) is 6.32. The lowest BCUT2D eigenvalue weighted by Crippen LogP contribution is -2.45. The number of aliphatic carboxylic acids is 1. The van der Waals surface area contributed by atoms with E-state index in [1.807, 2.05) is 13.8 Å². The van der Waals surface area contributed by atoms with Crippen molar-refractivity contribution in [1.29, 1.82) is 0 Å². The first-order chi connectivity index (χ1) is 8.93. The number of carboxylic acids is 1. The minimum atomic E-state index is -0.927. The molecule has 2 N–H and O–H groups in total. The zero-order chi connectivity index (χ0) is 14.4. The van der Waals surface area contributed by atoms with Crippen molar-refractivity contribution in [2.24, 2.45) is 17.8 Å². The minimum absolute atomic E-state index is 0.0109. The Balaban J connectivity index is 2.46. The highest BCUT2D eigenvalue weighted by Crippen LogP contribution is 2.30. The Bertz CT molecular complexity index is 307. The predicted molar refractivity (Wildman–Crippen MR) is 74.8 cm³/mol. The molecule has 0 aromatic rings. The molecule has 1 aliphatic rings. The first-order valence-corrected chi connectivity index (χ1v) is 7.47. The molecule has 1 atom stereocenters. The molecule has 0 saturated heterocycles. The number of hydrogen-bond donors (Lipinski definition) is 2. The van der Waals surface area contributed by atoms with Gasteiger partial charge in [-0.1, -0.05) is 27.2 Å². The number of amides is 1. The van der Waals surface area contributed by atoms with Crippen molar-refractivity contribution in [3.8, 4) is 0 Å². The summed E-state index contributed by atoms with van der Waals surface area (Å²) in [4.78, 5) is 23.3. The van der Waals surface area contributed by atoms with Crippen molar-refractivity contribution in [2.45, 2.75) is 65.3 Å². The van der Waals surface area contributed by atoms with Crippen molar-refractivity contribution in [1.82, 2.24) is 5.32 Å². The van der Waals surface area contributed by atoms with E-state index in [9.17, 15) is 9.59 Å². The van der Waals surface area contributed by atoms with E-state index >= 15 is 0 Å². The van der Waals surface area contributed by atoms with E-state index in [-0.39, 0.29) is 17.7 Å². The maximum absolute atomic E-state index is 12.1. The monoisotopic (exact) mass is 269 g/mol. The maximum Gasteiger partial charge on any atom is 0.326 e. The van der Waals surface area contributed by atoms with Crippen LogP contribution in [0, 0.1) is 17.8 Å². The fourth-order valence-corrected chi connectivity index (χ4v) is 2.82. The average Bonchev–Trinajstić information content (AvgIpc) is 2.37. The quantitative estimate of drug-likeness (QED) is 0.779. The third-order valence-electron chi connectivity index (χ3n) is 4.12. The number of carboxylic acid groups (broad SMARTS) is 1. The molecular formula is C15H27NO3. The predicted octanol–water partition coefficient (Wildman–Crippen LogP) is 2.82. The molecule has 1 aliphatic carbocycles. The molecule has 1 fully saturated rings. The standard InChI is InChI=1S/C15H27NO3/c1-4-11-5-7-12(8-6-11)14(17)16-13(15(18)19)9-10(2)3/h10-13H,4-9H2,1-3H3,(H,16,17)(H,18,19)/t11?,12?,13-/m1/s1. The van der Waals surface area contributed by atoms with Gasteiger partial charge >= 0.3 is 5.97 Å². The Morgan fingerprint density at radius 1 is 1.21 bits per heavy atom. The van der Waals surface area contributed by atoms with Crippen molar-refractivity contribution in [3.05, 3.63) is 0 Å². The third kappa shape index (κ3) is 5.21. The lowest BCUT2D eigenvalue weighted by atomic mass is 9.80. The number of carbonyl (C=O) groups excluding carboxylic acids is 1. The van der Waals surface area contributed by atoms with Crippen LogP contribution in [0.15, 0.2) is 0 Å². The van der Waals surface area contributed by atoms with E-state index in [0.717, 1.165) is 31.6 Å². The van der Waals surface area contributed by atoms with Crippen LogP contribution in [0.5, 0.6) is 0 Å². The second-order valence-electron chi connectivity index (χ2n) is 6.15. The van der Waals surface area contributed by atoms with Gasteiger partial charge in [-0.3, -0.25) is 4.79 Å².